The quantitative estimate of drug-likeness (QED) is 0.297. The van der Waals surface area contributed by atoms with E-state index in [1.807, 2.05) is 20.8 Å². The van der Waals surface area contributed by atoms with E-state index >= 15 is 8.78 Å². The van der Waals surface area contributed by atoms with Crippen LogP contribution >= 0.6 is 23.2 Å². The summed E-state index contributed by atoms with van der Waals surface area (Å²) in [5.74, 6) is -3.74. The maximum atomic E-state index is 15.7. The lowest BCUT2D eigenvalue weighted by molar-refractivity contribution is -0.118. The molecule has 0 aliphatic carbocycles. The van der Waals surface area contributed by atoms with Crippen molar-refractivity contribution in [3.8, 4) is 6.07 Å². The molecule has 1 aliphatic rings. The number of carbonyl (C=O) groups excluding carboxylic acids is 2. The zero-order valence-electron chi connectivity index (χ0n) is 22.9. The Balaban J connectivity index is 1.90. The molecule has 1 heterocycles. The van der Waals surface area contributed by atoms with E-state index in [4.69, 9.17) is 27.9 Å². The third-order valence-electron chi connectivity index (χ3n) is 7.28. The first-order valence-corrected chi connectivity index (χ1v) is 13.6. The molecule has 2 N–H and O–H groups in total. The molecule has 1 fully saturated rings. The minimum absolute atomic E-state index is 0.00139. The molecule has 41 heavy (non-hydrogen) atoms. The van der Waals surface area contributed by atoms with Gasteiger partial charge in [-0.15, -0.1) is 0 Å². The predicted octanol–water partition coefficient (Wildman–Crippen LogP) is 7.02. The number of anilines is 1. The largest absolute Gasteiger partial charge is 0.465 e. The van der Waals surface area contributed by atoms with Gasteiger partial charge >= 0.3 is 5.97 Å². The summed E-state index contributed by atoms with van der Waals surface area (Å²) in [6, 6.07) is 14.3. The second kappa shape index (κ2) is 11.8. The van der Waals surface area contributed by atoms with E-state index in [-0.39, 0.29) is 32.2 Å². The van der Waals surface area contributed by atoms with Gasteiger partial charge in [0.25, 0.3) is 0 Å². The monoisotopic (exact) mass is 599 g/mol. The van der Waals surface area contributed by atoms with Crippen LogP contribution in [-0.4, -0.2) is 31.1 Å². The lowest BCUT2D eigenvalue weighted by Gasteiger charge is -2.37. The Morgan fingerprint density at radius 2 is 1.66 bits per heavy atom. The van der Waals surface area contributed by atoms with Crippen LogP contribution in [0.1, 0.15) is 54.6 Å². The minimum atomic E-state index is -1.73. The van der Waals surface area contributed by atoms with Gasteiger partial charge in [-0.3, -0.25) is 4.79 Å². The number of halogens is 4. The summed E-state index contributed by atoms with van der Waals surface area (Å²) in [5.41, 5.74) is -1.46. The molecule has 1 aliphatic heterocycles. The van der Waals surface area contributed by atoms with Crippen molar-refractivity contribution >= 4 is 40.8 Å². The molecule has 10 heteroatoms. The van der Waals surface area contributed by atoms with E-state index in [0.717, 1.165) is 12.1 Å². The highest BCUT2D eigenvalue weighted by molar-refractivity contribution is 6.30. The van der Waals surface area contributed by atoms with Gasteiger partial charge in [0.05, 0.1) is 24.8 Å². The molecule has 1 saturated heterocycles. The topological polar surface area (TPSA) is 91.2 Å². The Morgan fingerprint density at radius 3 is 2.24 bits per heavy atom. The fraction of sp³-hybridized carbons (Fsp3) is 0.323. The second-order valence-corrected chi connectivity index (χ2v) is 12.1. The molecule has 0 unspecified atom stereocenters. The van der Waals surface area contributed by atoms with Crippen LogP contribution in [0.3, 0.4) is 0 Å². The standard InChI is InChI=1S/C31H29Cl2F2N3O3/c1-30(2,3)15-25-31(16-36,22-11-7-19(33)14-24(22)35)26(21-13-18(32)8-12-23(21)34)27(38-25)28(39)37-20-9-5-17(6-10-20)29(40)41-4/h5-14,25-27,38H,15H2,1-4H3,(H,37,39)/t25-,26-,27+,31-/m0/s1. The van der Waals surface area contributed by atoms with Crippen LogP contribution in [0.15, 0.2) is 60.7 Å². The summed E-state index contributed by atoms with van der Waals surface area (Å²) in [4.78, 5) is 25.7. The number of rotatable bonds is 6. The average molecular weight is 600 g/mol. The number of amides is 1. The summed E-state index contributed by atoms with van der Waals surface area (Å²) in [7, 11) is 1.26. The lowest BCUT2D eigenvalue weighted by Crippen LogP contribution is -2.44. The fourth-order valence-electron chi connectivity index (χ4n) is 5.58. The third kappa shape index (κ3) is 6.08. The summed E-state index contributed by atoms with van der Waals surface area (Å²) in [6.07, 6.45) is 0.346. The molecule has 4 atom stereocenters. The number of nitrogens with zero attached hydrogens (tertiary/aromatic N) is 1. The van der Waals surface area contributed by atoms with Gasteiger partial charge in [0, 0.05) is 33.3 Å². The Bertz CT molecular complexity index is 1520. The summed E-state index contributed by atoms with van der Waals surface area (Å²) >= 11 is 12.3. The molecule has 3 aromatic rings. The van der Waals surface area contributed by atoms with Crippen molar-refractivity contribution in [2.24, 2.45) is 5.41 Å². The molecule has 0 aromatic heterocycles. The van der Waals surface area contributed by atoms with E-state index in [0.29, 0.717) is 12.1 Å². The smallest absolute Gasteiger partial charge is 0.337 e. The zero-order chi connectivity index (χ0) is 30.1. The Morgan fingerprint density at radius 1 is 1.02 bits per heavy atom. The van der Waals surface area contributed by atoms with E-state index in [1.165, 1.54) is 55.6 Å². The van der Waals surface area contributed by atoms with Crippen LogP contribution in [0, 0.1) is 28.4 Å². The van der Waals surface area contributed by atoms with Crippen LogP contribution in [-0.2, 0) is 14.9 Å². The van der Waals surface area contributed by atoms with Crippen molar-refractivity contribution in [2.75, 3.05) is 12.4 Å². The Hall–Kier alpha value is -3.51. The van der Waals surface area contributed by atoms with Crippen LogP contribution in [0.4, 0.5) is 14.5 Å². The molecule has 214 valence electrons. The van der Waals surface area contributed by atoms with Gasteiger partial charge in [-0.25, -0.2) is 13.6 Å². The van der Waals surface area contributed by atoms with Crippen molar-refractivity contribution < 1.29 is 23.1 Å². The zero-order valence-corrected chi connectivity index (χ0v) is 24.4. The van der Waals surface area contributed by atoms with Crippen molar-refractivity contribution in [3.63, 3.8) is 0 Å². The van der Waals surface area contributed by atoms with E-state index < -0.39 is 46.9 Å². The average Bonchev–Trinajstić information content (AvgIpc) is 3.23. The van der Waals surface area contributed by atoms with Crippen molar-refractivity contribution in [1.29, 1.82) is 5.26 Å². The molecule has 0 spiro atoms. The molecular weight excluding hydrogens is 571 g/mol. The number of nitrogens with one attached hydrogen (secondary N) is 2. The Labute approximate surface area is 247 Å². The molecule has 0 bridgehead atoms. The SMILES string of the molecule is COC(=O)c1ccc(NC(=O)[C@@H]2N[C@@H](CC(C)(C)C)[C@](C#N)(c3ccc(Cl)cc3F)[C@H]2c2cc(Cl)ccc2F)cc1. The minimum Gasteiger partial charge on any atom is -0.465 e. The summed E-state index contributed by atoms with van der Waals surface area (Å²) < 4.78 is 36.0. The van der Waals surface area contributed by atoms with E-state index in [1.54, 1.807) is 0 Å². The summed E-state index contributed by atoms with van der Waals surface area (Å²) in [5, 5.41) is 17.3. The van der Waals surface area contributed by atoms with Crippen molar-refractivity contribution in [1.82, 2.24) is 5.32 Å². The number of ether oxygens (including phenoxy) is 1. The number of methoxy groups -OCH3 is 1. The van der Waals surface area contributed by atoms with Crippen molar-refractivity contribution in [3.05, 3.63) is 99.0 Å². The Kier molecular flexibility index (Phi) is 8.74. The van der Waals surface area contributed by atoms with Crippen LogP contribution in [0.2, 0.25) is 10.0 Å². The number of hydrogen-bond acceptors (Lipinski definition) is 5. The number of carbonyl (C=O) groups is 2. The third-order valence-corrected chi connectivity index (χ3v) is 7.75. The predicted molar refractivity (Wildman–Crippen MR) is 154 cm³/mol. The van der Waals surface area contributed by atoms with E-state index in [9.17, 15) is 14.9 Å². The number of hydrogen-bond donors (Lipinski definition) is 2. The lowest BCUT2D eigenvalue weighted by atomic mass is 9.62. The molecular formula is C31H29Cl2F2N3O3. The fourth-order valence-corrected chi connectivity index (χ4v) is 5.92. The molecule has 4 rings (SSSR count). The van der Waals surface area contributed by atoms with Gasteiger partial charge in [0.1, 0.15) is 17.0 Å². The maximum absolute atomic E-state index is 15.7. The highest BCUT2D eigenvalue weighted by Crippen LogP contribution is 2.52. The first kappa shape index (κ1) is 30.4. The maximum Gasteiger partial charge on any atom is 0.337 e. The molecule has 6 nitrogen and oxygen atoms in total. The van der Waals surface area contributed by atoms with Crippen LogP contribution in [0.25, 0.3) is 0 Å². The van der Waals surface area contributed by atoms with Crippen LogP contribution < -0.4 is 10.6 Å². The molecule has 1 amide bonds. The summed E-state index contributed by atoms with van der Waals surface area (Å²) in [6.45, 7) is 5.88. The number of nitriles is 1. The highest BCUT2D eigenvalue weighted by atomic mass is 35.5. The normalized spacial score (nSPS) is 22.2. The van der Waals surface area contributed by atoms with Crippen LogP contribution in [0.5, 0.6) is 0 Å². The van der Waals surface area contributed by atoms with Gasteiger partial charge in [0.2, 0.25) is 5.91 Å². The highest BCUT2D eigenvalue weighted by Gasteiger charge is 2.61. The van der Waals surface area contributed by atoms with Gasteiger partial charge in [-0.05, 0) is 72.0 Å². The number of esters is 1. The first-order chi connectivity index (χ1) is 19.3. The second-order valence-electron chi connectivity index (χ2n) is 11.3. The number of benzene rings is 3. The van der Waals surface area contributed by atoms with Crippen molar-refractivity contribution in [2.45, 2.75) is 50.6 Å². The van der Waals surface area contributed by atoms with Gasteiger partial charge in [-0.2, -0.15) is 5.26 Å². The molecule has 0 saturated carbocycles. The molecule has 3 aromatic carbocycles. The van der Waals surface area contributed by atoms with E-state index in [2.05, 4.69) is 16.7 Å². The first-order valence-electron chi connectivity index (χ1n) is 12.9. The van der Waals surface area contributed by atoms with Gasteiger partial charge in [0.15, 0.2) is 0 Å². The van der Waals surface area contributed by atoms with Gasteiger partial charge in [-0.1, -0.05) is 50.0 Å². The molecule has 0 radical (unpaired) electrons. The van der Waals surface area contributed by atoms with Gasteiger partial charge < -0.3 is 15.4 Å².